The fraction of sp³-hybridized carbons (Fsp3) is 0.538. The van der Waals surface area contributed by atoms with E-state index in [1.165, 1.54) is 25.7 Å². The molecule has 0 rings (SSSR count). The molecule has 0 heterocycles. The van der Waals surface area contributed by atoms with Gasteiger partial charge in [-0.2, -0.15) is 0 Å². The molecule has 0 aromatic carbocycles. The van der Waals surface area contributed by atoms with Crippen LogP contribution < -0.4 is 0 Å². The second-order valence-corrected chi connectivity index (χ2v) is 2.86. The third kappa shape index (κ3) is 10.9. The van der Waals surface area contributed by atoms with Gasteiger partial charge in [0.2, 0.25) is 0 Å². The summed E-state index contributed by atoms with van der Waals surface area (Å²) in [6, 6.07) is 0. The van der Waals surface area contributed by atoms with Crippen molar-refractivity contribution < 1.29 is 0 Å². The molecule has 0 nitrogen and oxygen atoms in total. The Morgan fingerprint density at radius 1 is 1.00 bits per heavy atom. The van der Waals surface area contributed by atoms with Crippen molar-refractivity contribution in [3.8, 4) is 23.7 Å². The monoisotopic (exact) mass is 174 g/mol. The van der Waals surface area contributed by atoms with Gasteiger partial charge in [-0.15, -0.1) is 5.92 Å². The molecular formula is C13H18. The molecule has 0 N–H and O–H groups in total. The molecule has 0 atom stereocenters. The van der Waals surface area contributed by atoms with Gasteiger partial charge in [0.1, 0.15) is 0 Å². The van der Waals surface area contributed by atoms with Crippen LogP contribution in [0, 0.1) is 23.7 Å². The first kappa shape index (κ1) is 11.9. The van der Waals surface area contributed by atoms with E-state index in [9.17, 15) is 0 Å². The maximum absolute atomic E-state index is 3.10. The lowest BCUT2D eigenvalue weighted by Crippen LogP contribution is -1.73. The fourth-order valence-corrected chi connectivity index (χ4v) is 0.938. The van der Waals surface area contributed by atoms with E-state index >= 15 is 0 Å². The van der Waals surface area contributed by atoms with Crippen LogP contribution in [-0.2, 0) is 0 Å². The van der Waals surface area contributed by atoms with Crippen LogP contribution in [0.1, 0.15) is 46.0 Å². The molecular weight excluding hydrogens is 156 g/mol. The highest BCUT2D eigenvalue weighted by atomic mass is 13.9. The minimum atomic E-state index is 1.02. The number of rotatable bonds is 4. The maximum atomic E-state index is 3.10. The first-order chi connectivity index (χ1) is 6.41. The minimum absolute atomic E-state index is 1.02. The lowest BCUT2D eigenvalue weighted by atomic mass is 10.2. The molecule has 0 aliphatic rings. The van der Waals surface area contributed by atoms with E-state index in [2.05, 4.69) is 30.6 Å². The van der Waals surface area contributed by atoms with Crippen LogP contribution >= 0.6 is 0 Å². The number of hydrogen-bond donors (Lipinski definition) is 0. The van der Waals surface area contributed by atoms with Crippen molar-refractivity contribution in [1.82, 2.24) is 0 Å². The molecule has 0 aliphatic heterocycles. The topological polar surface area (TPSA) is 0 Å². The van der Waals surface area contributed by atoms with Crippen LogP contribution in [0.4, 0.5) is 0 Å². The molecule has 13 heavy (non-hydrogen) atoms. The summed E-state index contributed by atoms with van der Waals surface area (Å²) in [6.07, 6.45) is 9.79. The fourth-order valence-electron chi connectivity index (χ4n) is 0.938. The van der Waals surface area contributed by atoms with Gasteiger partial charge in [0.15, 0.2) is 0 Å². The predicted octanol–water partition coefficient (Wildman–Crippen LogP) is 3.54. The molecule has 0 radical (unpaired) electrons. The summed E-state index contributed by atoms with van der Waals surface area (Å²) in [5, 5.41) is 0. The van der Waals surface area contributed by atoms with Gasteiger partial charge in [-0.1, -0.05) is 43.9 Å². The first-order valence-corrected chi connectivity index (χ1v) is 4.97. The summed E-state index contributed by atoms with van der Waals surface area (Å²) < 4.78 is 0. The van der Waals surface area contributed by atoms with E-state index in [0.29, 0.717) is 0 Å². The first-order valence-electron chi connectivity index (χ1n) is 4.97. The molecule has 0 amide bonds. The minimum Gasteiger partial charge on any atom is -0.102 e. The second-order valence-electron chi connectivity index (χ2n) is 2.86. The van der Waals surface area contributed by atoms with Crippen LogP contribution in [0.2, 0.25) is 0 Å². The van der Waals surface area contributed by atoms with Crippen molar-refractivity contribution in [2.24, 2.45) is 0 Å². The van der Waals surface area contributed by atoms with Crippen molar-refractivity contribution in [3.63, 3.8) is 0 Å². The van der Waals surface area contributed by atoms with E-state index < -0.39 is 0 Å². The predicted molar refractivity (Wildman–Crippen MR) is 59.1 cm³/mol. The smallest absolute Gasteiger partial charge is 0.00922 e. The average Bonchev–Trinajstić information content (AvgIpc) is 2.16. The summed E-state index contributed by atoms with van der Waals surface area (Å²) in [5.41, 5.74) is 0. The lowest BCUT2D eigenvalue weighted by Gasteiger charge is -1.91. The zero-order valence-electron chi connectivity index (χ0n) is 8.69. The van der Waals surface area contributed by atoms with Gasteiger partial charge in [0.05, 0.1) is 0 Å². The largest absolute Gasteiger partial charge is 0.102 e. The van der Waals surface area contributed by atoms with Crippen LogP contribution in [0.3, 0.4) is 0 Å². The Kier molecular flexibility index (Phi) is 9.91. The van der Waals surface area contributed by atoms with Gasteiger partial charge in [-0.05, 0) is 25.5 Å². The Hall–Kier alpha value is -1.14. The van der Waals surface area contributed by atoms with Crippen molar-refractivity contribution in [2.75, 3.05) is 0 Å². The van der Waals surface area contributed by atoms with E-state index in [1.807, 2.05) is 13.0 Å². The molecule has 0 aliphatic carbocycles. The zero-order chi connectivity index (χ0) is 9.78. The molecule has 0 heteroatoms. The Balaban J connectivity index is 3.33. The maximum Gasteiger partial charge on any atom is 0.00922 e. The van der Waals surface area contributed by atoms with Crippen LogP contribution in [0.15, 0.2) is 12.2 Å². The molecule has 0 bridgehead atoms. The molecule has 0 saturated heterocycles. The number of unbranched alkanes of at least 4 members (excludes halogenated alkanes) is 4. The highest BCUT2D eigenvalue weighted by molar-refractivity contribution is 5.24. The SMILES string of the molecule is CC#C/C=C/C#CCCCCCC. The van der Waals surface area contributed by atoms with Crippen molar-refractivity contribution in [2.45, 2.75) is 46.0 Å². The summed E-state index contributed by atoms with van der Waals surface area (Å²) in [6.45, 7) is 4.04. The average molecular weight is 174 g/mol. The second kappa shape index (κ2) is 10.9. The highest BCUT2D eigenvalue weighted by Gasteiger charge is 1.82. The number of allylic oxidation sites excluding steroid dienone is 2. The standard InChI is InChI=1S/C13H18/c1-3-5-7-9-11-13-12-10-8-6-4-2/h8,10H,3,5,7,9,11H2,1-2H3/b10-8+. The van der Waals surface area contributed by atoms with Crippen LogP contribution in [0.5, 0.6) is 0 Å². The summed E-state index contributed by atoms with van der Waals surface area (Å²) >= 11 is 0. The van der Waals surface area contributed by atoms with E-state index in [0.717, 1.165) is 6.42 Å². The summed E-state index contributed by atoms with van der Waals surface area (Å²) in [5.74, 6) is 11.7. The van der Waals surface area contributed by atoms with Crippen LogP contribution in [0.25, 0.3) is 0 Å². The van der Waals surface area contributed by atoms with E-state index in [-0.39, 0.29) is 0 Å². The van der Waals surface area contributed by atoms with Gasteiger partial charge in [-0.25, -0.2) is 0 Å². The quantitative estimate of drug-likeness (QED) is 0.451. The van der Waals surface area contributed by atoms with Gasteiger partial charge in [-0.3, -0.25) is 0 Å². The Labute approximate surface area is 82.4 Å². The lowest BCUT2D eigenvalue weighted by molar-refractivity contribution is 0.679. The van der Waals surface area contributed by atoms with Gasteiger partial charge >= 0.3 is 0 Å². The summed E-state index contributed by atoms with van der Waals surface area (Å²) in [7, 11) is 0. The third-order valence-electron chi connectivity index (χ3n) is 1.65. The van der Waals surface area contributed by atoms with E-state index in [1.54, 1.807) is 6.08 Å². The molecule has 0 fully saturated rings. The van der Waals surface area contributed by atoms with Gasteiger partial charge < -0.3 is 0 Å². The molecule has 0 unspecified atom stereocenters. The third-order valence-corrected chi connectivity index (χ3v) is 1.65. The van der Waals surface area contributed by atoms with Gasteiger partial charge in [0.25, 0.3) is 0 Å². The molecule has 0 aromatic heterocycles. The zero-order valence-corrected chi connectivity index (χ0v) is 8.69. The summed E-state index contributed by atoms with van der Waals surface area (Å²) in [4.78, 5) is 0. The van der Waals surface area contributed by atoms with E-state index in [4.69, 9.17) is 0 Å². The normalized spacial score (nSPS) is 8.77. The van der Waals surface area contributed by atoms with Crippen molar-refractivity contribution in [1.29, 1.82) is 0 Å². The highest BCUT2D eigenvalue weighted by Crippen LogP contribution is 2.00. The Morgan fingerprint density at radius 3 is 2.46 bits per heavy atom. The number of hydrogen-bond acceptors (Lipinski definition) is 0. The molecule has 0 saturated carbocycles. The van der Waals surface area contributed by atoms with Gasteiger partial charge in [0, 0.05) is 6.42 Å². The Bertz CT molecular complexity index is 237. The molecule has 0 aromatic rings. The van der Waals surface area contributed by atoms with Crippen LogP contribution in [-0.4, -0.2) is 0 Å². The van der Waals surface area contributed by atoms with Crippen molar-refractivity contribution >= 4 is 0 Å². The Morgan fingerprint density at radius 2 is 1.77 bits per heavy atom. The molecule has 0 spiro atoms. The molecule has 70 valence electrons. The van der Waals surface area contributed by atoms with Crippen molar-refractivity contribution in [3.05, 3.63) is 12.2 Å².